The second kappa shape index (κ2) is 7.19. The first-order chi connectivity index (χ1) is 12.7. The predicted octanol–water partition coefficient (Wildman–Crippen LogP) is 2.79. The number of carbonyl (C=O) groups excluding carboxylic acids is 1. The zero-order chi connectivity index (χ0) is 19.8. The zero-order valence-corrected chi connectivity index (χ0v) is 16.1. The molecule has 1 saturated heterocycles. The number of halogens is 1. The number of hydrogen-bond acceptors (Lipinski definition) is 6. The van der Waals surface area contributed by atoms with Gasteiger partial charge in [0.15, 0.2) is 11.0 Å². The molecule has 0 spiro atoms. The molecule has 1 aliphatic rings. The Bertz CT molecular complexity index is 883. The van der Waals surface area contributed by atoms with Crippen LogP contribution in [0, 0.1) is 0 Å². The van der Waals surface area contributed by atoms with Crippen molar-refractivity contribution < 1.29 is 19.4 Å². The minimum Gasteiger partial charge on any atom is -0.480 e. The summed E-state index contributed by atoms with van der Waals surface area (Å²) in [7, 11) is 0. The Morgan fingerprint density at radius 3 is 2.41 bits per heavy atom. The molecule has 1 N–H and O–H groups in total. The quantitative estimate of drug-likeness (QED) is 0.839. The Kier molecular flexibility index (Phi) is 5.10. The van der Waals surface area contributed by atoms with Crippen LogP contribution in [0.5, 0.6) is 0 Å². The van der Waals surface area contributed by atoms with E-state index in [1.54, 1.807) is 37.8 Å². The second-order valence-electron chi connectivity index (χ2n) is 7.30. The van der Waals surface area contributed by atoms with E-state index in [1.807, 2.05) is 12.1 Å². The molecule has 27 heavy (non-hydrogen) atoms. The summed E-state index contributed by atoms with van der Waals surface area (Å²) >= 11 is 6.28. The number of para-hydroxylation sites is 2. The molecule has 0 saturated carbocycles. The average Bonchev–Trinajstić information content (AvgIpc) is 2.59. The molecule has 0 bridgehead atoms. The number of benzene rings is 1. The first kappa shape index (κ1) is 19.2. The third kappa shape index (κ3) is 4.21. The number of amides is 1. The van der Waals surface area contributed by atoms with Crippen LogP contribution in [0.3, 0.4) is 0 Å². The smallest absolute Gasteiger partial charge is 0.410 e. The lowest BCUT2D eigenvalue weighted by atomic mass is 10.1. The van der Waals surface area contributed by atoms with Crippen LogP contribution in [0.15, 0.2) is 24.3 Å². The molecular weight excluding hydrogens is 372 g/mol. The van der Waals surface area contributed by atoms with Gasteiger partial charge in [-0.05, 0) is 32.9 Å². The Hall–Kier alpha value is -2.61. The van der Waals surface area contributed by atoms with Crippen LogP contribution in [-0.2, 0) is 9.53 Å². The average molecular weight is 393 g/mol. The highest BCUT2D eigenvalue weighted by Crippen LogP contribution is 2.28. The Morgan fingerprint density at radius 2 is 1.81 bits per heavy atom. The third-order valence-electron chi connectivity index (χ3n) is 4.10. The molecule has 2 heterocycles. The highest BCUT2D eigenvalue weighted by Gasteiger charge is 2.37. The number of hydrogen-bond donors (Lipinski definition) is 1. The van der Waals surface area contributed by atoms with E-state index >= 15 is 0 Å². The summed E-state index contributed by atoms with van der Waals surface area (Å²) in [6.45, 7) is 5.81. The molecule has 1 atom stereocenters. The Morgan fingerprint density at radius 1 is 1.19 bits per heavy atom. The van der Waals surface area contributed by atoms with Crippen LogP contribution in [0.4, 0.5) is 10.6 Å². The van der Waals surface area contributed by atoms with E-state index < -0.39 is 23.7 Å². The lowest BCUT2D eigenvalue weighted by Crippen LogP contribution is -2.58. The fourth-order valence-electron chi connectivity index (χ4n) is 2.89. The van der Waals surface area contributed by atoms with Crippen LogP contribution in [0.25, 0.3) is 11.0 Å². The molecule has 3 rings (SSSR count). The van der Waals surface area contributed by atoms with Crippen LogP contribution in [-0.4, -0.2) is 63.3 Å². The number of aliphatic carboxylic acids is 1. The van der Waals surface area contributed by atoms with Crippen LogP contribution < -0.4 is 4.90 Å². The minimum atomic E-state index is -1.07. The van der Waals surface area contributed by atoms with Gasteiger partial charge in [0.05, 0.1) is 17.6 Å². The minimum absolute atomic E-state index is 0.0327. The summed E-state index contributed by atoms with van der Waals surface area (Å²) in [5, 5.41) is 9.82. The molecule has 0 aliphatic carbocycles. The van der Waals surface area contributed by atoms with E-state index in [0.717, 1.165) is 0 Å². The molecule has 1 aliphatic heterocycles. The van der Waals surface area contributed by atoms with Gasteiger partial charge in [-0.1, -0.05) is 23.7 Å². The highest BCUT2D eigenvalue weighted by molar-refractivity contribution is 6.32. The monoisotopic (exact) mass is 392 g/mol. The van der Waals surface area contributed by atoms with E-state index in [2.05, 4.69) is 9.97 Å². The molecule has 1 fully saturated rings. The Balaban J connectivity index is 1.88. The molecule has 1 aromatic heterocycles. The SMILES string of the molecule is CC(C)(C)OC(=O)N1CCN(c2nc3ccccc3nc2Cl)C(C(=O)O)C1. The number of anilines is 1. The van der Waals surface area contributed by atoms with Crippen LogP contribution in [0.2, 0.25) is 5.15 Å². The number of nitrogens with zero attached hydrogens (tertiary/aromatic N) is 4. The number of fused-ring (bicyclic) bond motifs is 1. The van der Waals surface area contributed by atoms with E-state index in [1.165, 1.54) is 4.90 Å². The molecular formula is C18H21ClN4O4. The van der Waals surface area contributed by atoms with Crippen molar-refractivity contribution in [3.05, 3.63) is 29.4 Å². The van der Waals surface area contributed by atoms with Crippen molar-refractivity contribution in [2.45, 2.75) is 32.4 Å². The van der Waals surface area contributed by atoms with E-state index in [4.69, 9.17) is 16.3 Å². The van der Waals surface area contributed by atoms with Gasteiger partial charge in [-0.25, -0.2) is 19.6 Å². The highest BCUT2D eigenvalue weighted by atomic mass is 35.5. The number of piperazine rings is 1. The van der Waals surface area contributed by atoms with Gasteiger partial charge in [-0.3, -0.25) is 0 Å². The molecule has 1 amide bonds. The van der Waals surface area contributed by atoms with Crippen molar-refractivity contribution in [1.82, 2.24) is 14.9 Å². The maximum absolute atomic E-state index is 12.3. The molecule has 9 heteroatoms. The Labute approximate surface area is 161 Å². The predicted molar refractivity (Wildman–Crippen MR) is 101 cm³/mol. The first-order valence-electron chi connectivity index (χ1n) is 8.55. The normalized spacial score (nSPS) is 17.9. The third-order valence-corrected chi connectivity index (χ3v) is 4.35. The summed E-state index contributed by atoms with van der Waals surface area (Å²) in [6.07, 6.45) is -0.538. The van der Waals surface area contributed by atoms with Gasteiger partial charge in [0.25, 0.3) is 0 Å². The number of ether oxygens (including phenoxy) is 1. The van der Waals surface area contributed by atoms with Gasteiger partial charge in [0, 0.05) is 13.1 Å². The molecule has 2 aromatic rings. The lowest BCUT2D eigenvalue weighted by molar-refractivity contribution is -0.139. The molecule has 1 unspecified atom stereocenters. The van der Waals surface area contributed by atoms with Crippen LogP contribution in [0.1, 0.15) is 20.8 Å². The fourth-order valence-corrected chi connectivity index (χ4v) is 3.13. The van der Waals surface area contributed by atoms with Crippen molar-refractivity contribution in [2.75, 3.05) is 24.5 Å². The second-order valence-corrected chi connectivity index (χ2v) is 7.66. The molecule has 0 radical (unpaired) electrons. The number of carbonyl (C=O) groups is 2. The van der Waals surface area contributed by atoms with E-state index in [9.17, 15) is 14.7 Å². The van der Waals surface area contributed by atoms with Crippen LogP contribution >= 0.6 is 11.6 Å². The largest absolute Gasteiger partial charge is 0.480 e. The van der Waals surface area contributed by atoms with Crippen molar-refractivity contribution in [1.29, 1.82) is 0 Å². The van der Waals surface area contributed by atoms with Gasteiger partial charge in [0.2, 0.25) is 0 Å². The van der Waals surface area contributed by atoms with E-state index in [-0.39, 0.29) is 18.2 Å². The maximum atomic E-state index is 12.3. The fraction of sp³-hybridized carbons (Fsp3) is 0.444. The van der Waals surface area contributed by atoms with Crippen molar-refractivity contribution in [3.8, 4) is 0 Å². The van der Waals surface area contributed by atoms with Gasteiger partial charge >= 0.3 is 12.1 Å². The van der Waals surface area contributed by atoms with Crippen molar-refractivity contribution in [3.63, 3.8) is 0 Å². The maximum Gasteiger partial charge on any atom is 0.410 e. The number of aromatic nitrogens is 2. The summed E-state index contributed by atoms with van der Waals surface area (Å²) in [5.74, 6) is -0.777. The molecule has 144 valence electrons. The number of rotatable bonds is 2. The summed E-state index contributed by atoms with van der Waals surface area (Å²) < 4.78 is 5.35. The standard InChI is InChI=1S/C18H21ClN4O4/c1-18(2,3)27-17(26)22-8-9-23(13(10-22)16(24)25)15-14(19)20-11-6-4-5-7-12(11)21-15/h4-7,13H,8-10H2,1-3H3,(H,24,25). The number of carboxylic acid groups (broad SMARTS) is 1. The van der Waals surface area contributed by atoms with Gasteiger partial charge in [-0.15, -0.1) is 0 Å². The van der Waals surface area contributed by atoms with Gasteiger partial charge in [0.1, 0.15) is 11.6 Å². The summed E-state index contributed by atoms with van der Waals surface area (Å²) in [5.41, 5.74) is 0.598. The topological polar surface area (TPSA) is 95.9 Å². The first-order valence-corrected chi connectivity index (χ1v) is 8.93. The summed E-state index contributed by atoms with van der Waals surface area (Å²) in [4.78, 5) is 35.9. The number of carboxylic acids is 1. The van der Waals surface area contributed by atoms with Gasteiger partial charge < -0.3 is 19.6 Å². The lowest BCUT2D eigenvalue weighted by Gasteiger charge is -2.40. The zero-order valence-electron chi connectivity index (χ0n) is 15.3. The molecule has 1 aromatic carbocycles. The molecule has 8 nitrogen and oxygen atoms in total. The van der Waals surface area contributed by atoms with E-state index in [0.29, 0.717) is 23.4 Å². The van der Waals surface area contributed by atoms with Gasteiger partial charge in [-0.2, -0.15) is 0 Å². The summed E-state index contributed by atoms with van der Waals surface area (Å²) in [6, 6.07) is 6.22. The van der Waals surface area contributed by atoms with Crippen molar-refractivity contribution in [2.24, 2.45) is 0 Å². The van der Waals surface area contributed by atoms with Crippen molar-refractivity contribution >= 4 is 40.5 Å².